The lowest BCUT2D eigenvalue weighted by atomic mass is 9.93. The summed E-state index contributed by atoms with van der Waals surface area (Å²) in [6.07, 6.45) is 9.30. The van der Waals surface area contributed by atoms with E-state index in [1.807, 2.05) is 6.92 Å². The molecule has 1 aromatic heterocycles. The normalized spacial score (nSPS) is 29.0. The Labute approximate surface area is 155 Å². The van der Waals surface area contributed by atoms with Gasteiger partial charge in [0.15, 0.2) is 0 Å². The lowest BCUT2D eigenvalue weighted by Crippen LogP contribution is -2.31. The molecule has 2 aliphatic carbocycles. The SMILES string of the molecule is CCO[C@H]1CC[C@H](Nc2ncc(C#N)c(NC3CCC(O)CC3)n2)CC1. The largest absolute Gasteiger partial charge is 0.393 e. The molecule has 0 unspecified atom stereocenters. The highest BCUT2D eigenvalue weighted by molar-refractivity contribution is 5.54. The molecule has 7 heteroatoms. The topological polar surface area (TPSA) is 103 Å². The van der Waals surface area contributed by atoms with Crippen LogP contribution in [0.2, 0.25) is 0 Å². The summed E-state index contributed by atoms with van der Waals surface area (Å²) in [6, 6.07) is 2.75. The molecule has 0 aliphatic heterocycles. The molecule has 0 radical (unpaired) electrons. The Bertz CT molecular complexity index is 617. The van der Waals surface area contributed by atoms with Crippen molar-refractivity contribution >= 4 is 11.8 Å². The van der Waals surface area contributed by atoms with E-state index in [1.165, 1.54) is 0 Å². The molecule has 0 saturated heterocycles. The second kappa shape index (κ2) is 9.15. The first-order chi connectivity index (χ1) is 12.7. The highest BCUT2D eigenvalue weighted by Crippen LogP contribution is 2.25. The molecule has 0 atom stereocenters. The van der Waals surface area contributed by atoms with Crippen LogP contribution in [0.25, 0.3) is 0 Å². The molecule has 0 bridgehead atoms. The zero-order valence-electron chi connectivity index (χ0n) is 15.4. The maximum atomic E-state index is 9.65. The van der Waals surface area contributed by atoms with Crippen molar-refractivity contribution in [2.45, 2.75) is 82.6 Å². The molecule has 3 rings (SSSR count). The number of nitrogens with one attached hydrogen (secondary N) is 2. The fraction of sp³-hybridized carbons (Fsp3) is 0.737. The number of rotatable bonds is 6. The Morgan fingerprint density at radius 2 is 1.77 bits per heavy atom. The lowest BCUT2D eigenvalue weighted by Gasteiger charge is -2.29. The van der Waals surface area contributed by atoms with Gasteiger partial charge in [0.25, 0.3) is 0 Å². The number of hydrogen-bond donors (Lipinski definition) is 3. The number of aliphatic hydroxyl groups excluding tert-OH is 1. The first kappa shape index (κ1) is 18.9. The number of nitrogens with zero attached hydrogens (tertiary/aromatic N) is 3. The second-order valence-electron chi connectivity index (χ2n) is 7.29. The number of ether oxygens (including phenoxy) is 1. The Balaban J connectivity index is 1.59. The van der Waals surface area contributed by atoms with Crippen molar-refractivity contribution in [3.05, 3.63) is 11.8 Å². The average Bonchev–Trinajstić information content (AvgIpc) is 2.66. The van der Waals surface area contributed by atoms with Crippen molar-refractivity contribution in [2.24, 2.45) is 0 Å². The lowest BCUT2D eigenvalue weighted by molar-refractivity contribution is 0.0346. The summed E-state index contributed by atoms with van der Waals surface area (Å²) in [5, 5.41) is 25.8. The molecular formula is C19H29N5O2. The summed E-state index contributed by atoms with van der Waals surface area (Å²) in [5.41, 5.74) is 0.460. The van der Waals surface area contributed by atoms with Crippen LogP contribution in [0.5, 0.6) is 0 Å². The molecule has 2 aliphatic rings. The van der Waals surface area contributed by atoms with Gasteiger partial charge in [0.1, 0.15) is 17.5 Å². The van der Waals surface area contributed by atoms with E-state index in [1.54, 1.807) is 6.20 Å². The number of aliphatic hydroxyl groups is 1. The van der Waals surface area contributed by atoms with Gasteiger partial charge < -0.3 is 20.5 Å². The van der Waals surface area contributed by atoms with Gasteiger partial charge in [0.05, 0.1) is 18.4 Å². The monoisotopic (exact) mass is 359 g/mol. The highest BCUT2D eigenvalue weighted by Gasteiger charge is 2.23. The van der Waals surface area contributed by atoms with Gasteiger partial charge in [-0.25, -0.2) is 4.98 Å². The van der Waals surface area contributed by atoms with Gasteiger partial charge in [-0.05, 0) is 58.3 Å². The summed E-state index contributed by atoms with van der Waals surface area (Å²) in [6.45, 7) is 2.81. The van der Waals surface area contributed by atoms with Crippen molar-refractivity contribution in [3.8, 4) is 6.07 Å². The molecule has 1 heterocycles. The zero-order valence-corrected chi connectivity index (χ0v) is 15.4. The predicted molar refractivity (Wildman–Crippen MR) is 99.9 cm³/mol. The first-order valence-electron chi connectivity index (χ1n) is 9.77. The van der Waals surface area contributed by atoms with Crippen LogP contribution >= 0.6 is 0 Å². The third-order valence-corrected chi connectivity index (χ3v) is 5.36. The maximum Gasteiger partial charge on any atom is 0.224 e. The van der Waals surface area contributed by atoms with E-state index in [4.69, 9.17) is 4.74 Å². The Morgan fingerprint density at radius 3 is 2.42 bits per heavy atom. The standard InChI is InChI=1S/C19H29N5O2/c1-2-26-17-9-5-15(6-10-17)23-19-21-12-13(11-20)18(24-19)22-14-3-7-16(25)8-4-14/h12,14-17,25H,2-10H2,1H3,(H2,21,22,23,24)/t14?,15-,16?,17-. The fourth-order valence-corrected chi connectivity index (χ4v) is 3.85. The zero-order chi connectivity index (χ0) is 18.4. The minimum absolute atomic E-state index is 0.196. The summed E-state index contributed by atoms with van der Waals surface area (Å²) >= 11 is 0. The summed E-state index contributed by atoms with van der Waals surface area (Å²) < 4.78 is 5.70. The predicted octanol–water partition coefficient (Wildman–Crippen LogP) is 2.82. The van der Waals surface area contributed by atoms with E-state index < -0.39 is 0 Å². The molecular weight excluding hydrogens is 330 g/mol. The first-order valence-corrected chi connectivity index (χ1v) is 9.77. The Hall–Kier alpha value is -1.91. The molecule has 26 heavy (non-hydrogen) atoms. The Morgan fingerprint density at radius 1 is 1.12 bits per heavy atom. The summed E-state index contributed by atoms with van der Waals surface area (Å²) in [4.78, 5) is 8.87. The quantitative estimate of drug-likeness (QED) is 0.717. The highest BCUT2D eigenvalue weighted by atomic mass is 16.5. The van der Waals surface area contributed by atoms with Crippen LogP contribution in [0.15, 0.2) is 6.20 Å². The van der Waals surface area contributed by atoms with Crippen LogP contribution in [0.1, 0.15) is 63.9 Å². The van der Waals surface area contributed by atoms with Gasteiger partial charge in [0.2, 0.25) is 5.95 Å². The average molecular weight is 359 g/mol. The van der Waals surface area contributed by atoms with Crippen LogP contribution in [0.3, 0.4) is 0 Å². The van der Waals surface area contributed by atoms with Crippen molar-refractivity contribution in [1.29, 1.82) is 5.26 Å². The minimum atomic E-state index is -0.196. The van der Waals surface area contributed by atoms with E-state index in [0.717, 1.165) is 58.0 Å². The fourth-order valence-electron chi connectivity index (χ4n) is 3.85. The molecule has 2 fully saturated rings. The van der Waals surface area contributed by atoms with Gasteiger partial charge >= 0.3 is 0 Å². The van der Waals surface area contributed by atoms with E-state index in [9.17, 15) is 10.4 Å². The number of aromatic nitrogens is 2. The summed E-state index contributed by atoms with van der Waals surface area (Å²) in [5.74, 6) is 1.16. The second-order valence-corrected chi connectivity index (χ2v) is 7.29. The Kier molecular flexibility index (Phi) is 6.64. The molecule has 7 nitrogen and oxygen atoms in total. The van der Waals surface area contributed by atoms with Gasteiger partial charge in [-0.3, -0.25) is 0 Å². The van der Waals surface area contributed by atoms with Crippen LogP contribution in [0, 0.1) is 11.3 Å². The molecule has 3 N–H and O–H groups in total. The minimum Gasteiger partial charge on any atom is -0.393 e. The van der Waals surface area contributed by atoms with E-state index in [0.29, 0.717) is 29.5 Å². The van der Waals surface area contributed by atoms with Gasteiger partial charge in [0, 0.05) is 18.7 Å². The number of anilines is 2. The molecule has 142 valence electrons. The van der Waals surface area contributed by atoms with Crippen molar-refractivity contribution in [3.63, 3.8) is 0 Å². The molecule has 1 aromatic rings. The van der Waals surface area contributed by atoms with Gasteiger partial charge in [-0.15, -0.1) is 0 Å². The van der Waals surface area contributed by atoms with E-state index >= 15 is 0 Å². The van der Waals surface area contributed by atoms with Gasteiger partial charge in [-0.2, -0.15) is 10.2 Å². The van der Waals surface area contributed by atoms with Crippen molar-refractivity contribution in [1.82, 2.24) is 9.97 Å². The summed E-state index contributed by atoms with van der Waals surface area (Å²) in [7, 11) is 0. The van der Waals surface area contributed by atoms with Crippen LogP contribution in [-0.4, -0.2) is 46.0 Å². The van der Waals surface area contributed by atoms with Gasteiger partial charge in [-0.1, -0.05) is 0 Å². The van der Waals surface area contributed by atoms with Crippen LogP contribution < -0.4 is 10.6 Å². The maximum absolute atomic E-state index is 9.65. The third-order valence-electron chi connectivity index (χ3n) is 5.36. The van der Waals surface area contributed by atoms with Crippen molar-refractivity contribution < 1.29 is 9.84 Å². The van der Waals surface area contributed by atoms with Crippen LogP contribution in [0.4, 0.5) is 11.8 Å². The molecule has 2 saturated carbocycles. The molecule has 0 amide bonds. The smallest absolute Gasteiger partial charge is 0.224 e. The number of nitriles is 1. The van der Waals surface area contributed by atoms with Crippen molar-refractivity contribution in [2.75, 3.05) is 17.2 Å². The third kappa shape index (κ3) is 5.05. The van der Waals surface area contributed by atoms with E-state index in [-0.39, 0.29) is 12.1 Å². The van der Waals surface area contributed by atoms with E-state index in [2.05, 4.69) is 26.7 Å². The number of hydrogen-bond acceptors (Lipinski definition) is 7. The molecule has 0 aromatic carbocycles. The molecule has 0 spiro atoms. The van der Waals surface area contributed by atoms with Crippen LogP contribution in [-0.2, 0) is 4.74 Å².